The summed E-state index contributed by atoms with van der Waals surface area (Å²) in [7, 11) is 0. The van der Waals surface area contributed by atoms with Crippen LogP contribution in [0.4, 0.5) is 8.78 Å². The standard InChI is InChI=1S/C13H11ClF2O3/c1-2-18-10-7-11(17)19-12(13(10,15)16)8-3-5-9(14)6-4-8/h3-7,12H,2H2,1H3. The van der Waals surface area contributed by atoms with Crippen molar-refractivity contribution < 1.29 is 23.0 Å². The summed E-state index contributed by atoms with van der Waals surface area (Å²) in [6, 6.07) is 5.70. The Morgan fingerprint density at radius 3 is 2.58 bits per heavy atom. The number of halogens is 3. The van der Waals surface area contributed by atoms with Crippen molar-refractivity contribution in [3.05, 3.63) is 46.7 Å². The minimum absolute atomic E-state index is 0.0437. The van der Waals surface area contributed by atoms with E-state index in [-0.39, 0.29) is 12.2 Å². The largest absolute Gasteiger partial charge is 0.491 e. The van der Waals surface area contributed by atoms with E-state index in [1.54, 1.807) is 6.92 Å². The van der Waals surface area contributed by atoms with Crippen molar-refractivity contribution in [3.63, 3.8) is 0 Å². The highest BCUT2D eigenvalue weighted by atomic mass is 35.5. The molecule has 2 rings (SSSR count). The Labute approximate surface area is 113 Å². The fourth-order valence-electron chi connectivity index (χ4n) is 1.76. The molecule has 3 nitrogen and oxygen atoms in total. The maximum Gasteiger partial charge on any atom is 0.344 e. The lowest BCUT2D eigenvalue weighted by Gasteiger charge is -2.31. The first-order chi connectivity index (χ1) is 8.95. The zero-order chi connectivity index (χ0) is 14.0. The molecule has 6 heteroatoms. The number of hydrogen-bond acceptors (Lipinski definition) is 3. The monoisotopic (exact) mass is 288 g/mol. The summed E-state index contributed by atoms with van der Waals surface area (Å²) in [5, 5.41) is 0.412. The SMILES string of the molecule is CCOC1=CC(=O)OC(c2ccc(Cl)cc2)C1(F)F. The number of esters is 1. The molecule has 1 unspecified atom stereocenters. The number of ether oxygens (including phenoxy) is 2. The first-order valence-electron chi connectivity index (χ1n) is 5.64. The molecule has 0 saturated heterocycles. The van der Waals surface area contributed by atoms with Crippen LogP contribution in [0.3, 0.4) is 0 Å². The summed E-state index contributed by atoms with van der Waals surface area (Å²) in [6.45, 7) is 1.61. The van der Waals surface area contributed by atoms with E-state index in [0.29, 0.717) is 11.1 Å². The van der Waals surface area contributed by atoms with E-state index in [1.165, 1.54) is 24.3 Å². The van der Waals surface area contributed by atoms with Gasteiger partial charge in [0.15, 0.2) is 11.9 Å². The van der Waals surface area contributed by atoms with E-state index in [0.717, 1.165) is 0 Å². The van der Waals surface area contributed by atoms with E-state index in [9.17, 15) is 13.6 Å². The topological polar surface area (TPSA) is 35.5 Å². The summed E-state index contributed by atoms with van der Waals surface area (Å²) in [4.78, 5) is 11.3. The van der Waals surface area contributed by atoms with Gasteiger partial charge in [0.25, 0.3) is 0 Å². The van der Waals surface area contributed by atoms with Crippen LogP contribution in [0.25, 0.3) is 0 Å². The second kappa shape index (κ2) is 5.17. The lowest BCUT2D eigenvalue weighted by atomic mass is 10.00. The van der Waals surface area contributed by atoms with Gasteiger partial charge in [0.1, 0.15) is 0 Å². The maximum absolute atomic E-state index is 14.2. The van der Waals surface area contributed by atoms with Gasteiger partial charge in [-0.3, -0.25) is 0 Å². The van der Waals surface area contributed by atoms with Gasteiger partial charge in [-0.15, -0.1) is 0 Å². The van der Waals surface area contributed by atoms with Crippen molar-refractivity contribution in [1.29, 1.82) is 0 Å². The third kappa shape index (κ3) is 2.71. The van der Waals surface area contributed by atoms with Gasteiger partial charge in [-0.05, 0) is 24.6 Å². The highest BCUT2D eigenvalue weighted by molar-refractivity contribution is 6.30. The quantitative estimate of drug-likeness (QED) is 0.799. The van der Waals surface area contributed by atoms with Gasteiger partial charge < -0.3 is 9.47 Å². The predicted octanol–water partition coefficient (Wildman–Crippen LogP) is 3.49. The molecule has 0 fully saturated rings. The zero-order valence-corrected chi connectivity index (χ0v) is 10.8. The first kappa shape index (κ1) is 13.8. The number of hydrogen-bond donors (Lipinski definition) is 0. The first-order valence-corrected chi connectivity index (χ1v) is 6.01. The van der Waals surface area contributed by atoms with Crippen LogP contribution in [0, 0.1) is 0 Å². The minimum atomic E-state index is -3.41. The van der Waals surface area contributed by atoms with Gasteiger partial charge in [-0.1, -0.05) is 23.7 Å². The lowest BCUT2D eigenvalue weighted by Crippen LogP contribution is -2.37. The molecule has 0 aliphatic carbocycles. The second-order valence-electron chi connectivity index (χ2n) is 3.93. The molecule has 0 spiro atoms. The summed E-state index contributed by atoms with van der Waals surface area (Å²) < 4.78 is 37.9. The molecule has 102 valence electrons. The number of carbonyl (C=O) groups excluding carboxylic acids is 1. The predicted molar refractivity (Wildman–Crippen MR) is 64.9 cm³/mol. The molecule has 19 heavy (non-hydrogen) atoms. The molecule has 1 aromatic rings. The number of cyclic esters (lactones) is 1. The Hall–Kier alpha value is -1.62. The molecule has 0 radical (unpaired) electrons. The number of rotatable bonds is 3. The fourth-order valence-corrected chi connectivity index (χ4v) is 1.89. The molecular weight excluding hydrogens is 278 g/mol. The molecular formula is C13H11ClF2O3. The molecule has 1 aliphatic rings. The molecule has 0 N–H and O–H groups in total. The molecule has 1 heterocycles. The van der Waals surface area contributed by atoms with Gasteiger partial charge in [-0.25, -0.2) is 4.79 Å². The fraction of sp³-hybridized carbons (Fsp3) is 0.308. The van der Waals surface area contributed by atoms with Crippen LogP contribution >= 0.6 is 11.6 Å². The molecule has 0 bridgehead atoms. The van der Waals surface area contributed by atoms with Crippen LogP contribution in [0.5, 0.6) is 0 Å². The molecule has 0 aromatic heterocycles. The van der Waals surface area contributed by atoms with E-state index >= 15 is 0 Å². The third-order valence-corrected chi connectivity index (χ3v) is 2.87. The van der Waals surface area contributed by atoms with Crippen LogP contribution < -0.4 is 0 Å². The van der Waals surface area contributed by atoms with E-state index in [2.05, 4.69) is 0 Å². The van der Waals surface area contributed by atoms with Crippen molar-refractivity contribution in [1.82, 2.24) is 0 Å². The van der Waals surface area contributed by atoms with Gasteiger partial charge >= 0.3 is 11.9 Å². The van der Waals surface area contributed by atoms with Crippen molar-refractivity contribution in [3.8, 4) is 0 Å². The van der Waals surface area contributed by atoms with E-state index in [4.69, 9.17) is 21.1 Å². The van der Waals surface area contributed by atoms with Crippen LogP contribution in [0.2, 0.25) is 5.02 Å². The van der Waals surface area contributed by atoms with Crippen LogP contribution in [0.1, 0.15) is 18.6 Å². The lowest BCUT2D eigenvalue weighted by molar-refractivity contribution is -0.177. The molecule has 1 aromatic carbocycles. The Kier molecular flexibility index (Phi) is 3.75. The average Bonchev–Trinajstić information content (AvgIpc) is 2.35. The van der Waals surface area contributed by atoms with E-state index < -0.39 is 23.8 Å². The van der Waals surface area contributed by atoms with Gasteiger partial charge in [0, 0.05) is 5.02 Å². The second-order valence-corrected chi connectivity index (χ2v) is 4.37. The Balaban J connectivity index is 2.38. The molecule has 1 aliphatic heterocycles. The summed E-state index contributed by atoms with van der Waals surface area (Å²) in [5.41, 5.74) is 0.160. The zero-order valence-electron chi connectivity index (χ0n) is 10.0. The summed E-state index contributed by atoms with van der Waals surface area (Å²) in [5.74, 6) is -4.93. The molecule has 1 atom stereocenters. The van der Waals surface area contributed by atoms with Gasteiger partial charge in [-0.2, -0.15) is 8.78 Å². The van der Waals surface area contributed by atoms with Crippen molar-refractivity contribution in [2.75, 3.05) is 6.61 Å². The Morgan fingerprint density at radius 1 is 1.37 bits per heavy atom. The molecule has 0 saturated carbocycles. The average molecular weight is 289 g/mol. The van der Waals surface area contributed by atoms with Crippen molar-refractivity contribution in [2.45, 2.75) is 19.0 Å². The number of carbonyl (C=O) groups is 1. The molecule has 0 amide bonds. The van der Waals surface area contributed by atoms with Crippen LogP contribution in [0.15, 0.2) is 36.1 Å². The maximum atomic E-state index is 14.2. The van der Waals surface area contributed by atoms with Crippen LogP contribution in [-0.2, 0) is 14.3 Å². The highest BCUT2D eigenvalue weighted by Gasteiger charge is 2.51. The summed E-state index contributed by atoms with van der Waals surface area (Å²) in [6.07, 6.45) is -1.03. The number of benzene rings is 1. The highest BCUT2D eigenvalue weighted by Crippen LogP contribution is 2.43. The van der Waals surface area contributed by atoms with Crippen molar-refractivity contribution >= 4 is 17.6 Å². The summed E-state index contributed by atoms with van der Waals surface area (Å²) >= 11 is 5.70. The van der Waals surface area contributed by atoms with E-state index in [1.807, 2.05) is 0 Å². The normalized spacial score (nSPS) is 21.6. The van der Waals surface area contributed by atoms with Crippen LogP contribution in [-0.4, -0.2) is 18.5 Å². The Bertz CT molecular complexity index is 511. The smallest absolute Gasteiger partial charge is 0.344 e. The number of alkyl halides is 2. The van der Waals surface area contributed by atoms with Gasteiger partial charge in [0.2, 0.25) is 0 Å². The van der Waals surface area contributed by atoms with Crippen molar-refractivity contribution in [2.24, 2.45) is 0 Å². The third-order valence-electron chi connectivity index (χ3n) is 2.61. The minimum Gasteiger partial charge on any atom is -0.491 e. The van der Waals surface area contributed by atoms with Gasteiger partial charge in [0.05, 0.1) is 12.7 Å². The Morgan fingerprint density at radius 2 is 2.00 bits per heavy atom.